The minimum absolute atomic E-state index is 0.0307. The van der Waals surface area contributed by atoms with Crippen molar-refractivity contribution in [3.8, 4) is 5.69 Å². The highest BCUT2D eigenvalue weighted by Gasteiger charge is 2.22. The summed E-state index contributed by atoms with van der Waals surface area (Å²) in [7, 11) is 1.28. The Hall–Kier alpha value is -1.49. The van der Waals surface area contributed by atoms with Gasteiger partial charge in [0.15, 0.2) is 0 Å². The molecule has 2 rings (SSSR count). The summed E-state index contributed by atoms with van der Waals surface area (Å²) in [5, 5.41) is 3.75. The normalized spacial score (nSPS) is 12.7. The fourth-order valence-corrected chi connectivity index (χ4v) is 2.83. The lowest BCUT2D eigenvalue weighted by molar-refractivity contribution is 0.0640. The molecule has 1 N–H and O–H groups in total. The second-order valence-corrected chi connectivity index (χ2v) is 6.20. The number of aryl methyl sites for hydroxylation is 1. The molecule has 0 spiro atoms. The van der Waals surface area contributed by atoms with Crippen LogP contribution in [-0.4, -0.2) is 30.2 Å². The summed E-state index contributed by atoms with van der Waals surface area (Å²) in [5.74, 6) is -0.211. The molecular weight excluding hydrogens is 377 g/mol. The van der Waals surface area contributed by atoms with Crippen LogP contribution in [-0.2, 0) is 11.3 Å². The summed E-state index contributed by atoms with van der Waals surface area (Å²) in [6.45, 7) is -1.82. The van der Waals surface area contributed by atoms with E-state index in [0.717, 1.165) is 4.31 Å². The summed E-state index contributed by atoms with van der Waals surface area (Å²) in [6.07, 6.45) is 0. The van der Waals surface area contributed by atoms with Gasteiger partial charge in [-0.1, -0.05) is 23.2 Å². The maximum Gasteiger partial charge on any atom is 0.355 e. The van der Waals surface area contributed by atoms with Crippen molar-refractivity contribution in [3.05, 3.63) is 38.5 Å². The molecule has 0 saturated heterocycles. The quantitative estimate of drug-likeness (QED) is 0.818. The van der Waals surface area contributed by atoms with Gasteiger partial charge < -0.3 is 0 Å². The van der Waals surface area contributed by atoms with E-state index in [1.165, 1.54) is 26.1 Å². The third-order valence-corrected chi connectivity index (χ3v) is 4.26. The third-order valence-electron chi connectivity index (χ3n) is 2.99. The van der Waals surface area contributed by atoms with E-state index in [2.05, 4.69) is 5.10 Å². The highest BCUT2D eigenvalue weighted by Crippen LogP contribution is 2.33. The first-order valence-electron chi connectivity index (χ1n) is 5.95. The monoisotopic (exact) mass is 386 g/mol. The van der Waals surface area contributed by atoms with E-state index in [1.54, 1.807) is 0 Å². The molecule has 0 saturated carbocycles. The summed E-state index contributed by atoms with van der Waals surface area (Å²) in [5.41, 5.74) is -1.07. The Balaban J connectivity index is 2.70. The van der Waals surface area contributed by atoms with E-state index in [9.17, 15) is 17.8 Å². The Morgan fingerprint density at radius 2 is 1.96 bits per heavy atom. The van der Waals surface area contributed by atoms with Crippen molar-refractivity contribution >= 4 is 40.2 Å². The molecular formula is C11H10Cl2F2N4O3S. The lowest BCUT2D eigenvalue weighted by Gasteiger charge is -2.17. The summed E-state index contributed by atoms with van der Waals surface area (Å²) < 4.78 is 47.8. The molecule has 23 heavy (non-hydrogen) atoms. The van der Waals surface area contributed by atoms with Gasteiger partial charge in [0.05, 0.1) is 21.4 Å². The Bertz CT molecular complexity index is 839. The first kappa shape index (κ1) is 17.9. The number of aromatic nitrogens is 3. The van der Waals surface area contributed by atoms with Gasteiger partial charge >= 0.3 is 12.2 Å². The Morgan fingerprint density at radius 1 is 1.35 bits per heavy atom. The van der Waals surface area contributed by atoms with Crippen LogP contribution < -0.4 is 9.99 Å². The van der Waals surface area contributed by atoms with Gasteiger partial charge in [-0.2, -0.15) is 13.5 Å². The summed E-state index contributed by atoms with van der Waals surface area (Å²) >= 11 is 9.56. The minimum Gasteiger partial charge on any atom is -0.289 e. The zero-order chi connectivity index (χ0) is 17.5. The van der Waals surface area contributed by atoms with Crippen LogP contribution >= 0.6 is 23.2 Å². The standard InChI is InChI=1S/C11H10Cl2F2N4O3S/c1-5-16-19(11(20)18(5)10(14)15)9-4-8(17(2)23(21)22)6(12)3-7(9)13/h3-4,10H,1-2H3,(H,21,22). The molecule has 1 aromatic heterocycles. The molecule has 1 atom stereocenters. The number of rotatable bonds is 4. The minimum atomic E-state index is -3.06. The number of anilines is 1. The Labute approximate surface area is 141 Å². The van der Waals surface area contributed by atoms with Crippen LogP contribution in [0, 0.1) is 6.92 Å². The lowest BCUT2D eigenvalue weighted by Crippen LogP contribution is -2.25. The maximum atomic E-state index is 12.9. The molecule has 7 nitrogen and oxygen atoms in total. The number of nitrogens with zero attached hydrogens (tertiary/aromatic N) is 4. The van der Waals surface area contributed by atoms with Crippen molar-refractivity contribution in [2.24, 2.45) is 0 Å². The molecule has 0 radical (unpaired) electrons. The van der Waals surface area contributed by atoms with E-state index < -0.39 is 23.5 Å². The number of hydrogen-bond acceptors (Lipinski definition) is 3. The predicted octanol–water partition coefficient (Wildman–Crippen LogP) is 2.62. The average molecular weight is 387 g/mol. The second kappa shape index (κ2) is 6.56. The van der Waals surface area contributed by atoms with E-state index in [1.807, 2.05) is 0 Å². The largest absolute Gasteiger partial charge is 0.355 e. The number of alkyl halides is 2. The molecule has 0 aliphatic rings. The Kier molecular flexibility index (Phi) is 5.09. The van der Waals surface area contributed by atoms with Crippen molar-refractivity contribution in [1.29, 1.82) is 0 Å². The van der Waals surface area contributed by atoms with Crippen LogP contribution in [0.3, 0.4) is 0 Å². The molecule has 1 aromatic carbocycles. The zero-order valence-corrected chi connectivity index (χ0v) is 14.0. The molecule has 0 bridgehead atoms. The lowest BCUT2D eigenvalue weighted by atomic mass is 10.2. The van der Waals surface area contributed by atoms with Crippen LogP contribution in [0.25, 0.3) is 5.69 Å². The van der Waals surface area contributed by atoms with Crippen LogP contribution in [0.4, 0.5) is 14.5 Å². The highest BCUT2D eigenvalue weighted by molar-refractivity contribution is 7.80. The van der Waals surface area contributed by atoms with Crippen molar-refractivity contribution in [1.82, 2.24) is 14.3 Å². The second-order valence-electron chi connectivity index (χ2n) is 4.37. The summed E-state index contributed by atoms with van der Waals surface area (Å²) in [4.78, 5) is 12.1. The first-order valence-corrected chi connectivity index (χ1v) is 7.77. The molecule has 12 heteroatoms. The van der Waals surface area contributed by atoms with E-state index in [-0.39, 0.29) is 31.8 Å². The van der Waals surface area contributed by atoms with Crippen LogP contribution in [0.1, 0.15) is 12.4 Å². The van der Waals surface area contributed by atoms with Crippen LogP contribution in [0.5, 0.6) is 0 Å². The zero-order valence-electron chi connectivity index (χ0n) is 11.7. The van der Waals surface area contributed by atoms with Gasteiger partial charge in [-0.05, 0) is 19.1 Å². The number of benzene rings is 1. The van der Waals surface area contributed by atoms with Gasteiger partial charge in [0, 0.05) is 7.05 Å². The molecule has 0 aliphatic heterocycles. The van der Waals surface area contributed by atoms with Crippen LogP contribution in [0.15, 0.2) is 16.9 Å². The van der Waals surface area contributed by atoms with Gasteiger partial charge in [0.25, 0.3) is 11.3 Å². The molecule has 1 unspecified atom stereocenters. The molecule has 2 aromatic rings. The topological polar surface area (TPSA) is 80.4 Å². The molecule has 0 fully saturated rings. The average Bonchev–Trinajstić information content (AvgIpc) is 2.73. The fourth-order valence-electron chi connectivity index (χ4n) is 1.87. The molecule has 0 amide bonds. The predicted molar refractivity (Wildman–Crippen MR) is 83.0 cm³/mol. The van der Waals surface area contributed by atoms with Gasteiger partial charge in [-0.25, -0.2) is 13.6 Å². The van der Waals surface area contributed by atoms with Crippen molar-refractivity contribution in [2.45, 2.75) is 13.5 Å². The SMILES string of the molecule is Cc1nn(-c2cc(N(C)S(=O)O)c(Cl)cc2Cl)c(=O)n1C(F)F. The molecule has 1 heterocycles. The maximum absolute atomic E-state index is 12.9. The Morgan fingerprint density at radius 3 is 2.43 bits per heavy atom. The molecule has 0 aliphatic carbocycles. The van der Waals surface area contributed by atoms with Gasteiger partial charge in [-0.15, -0.1) is 5.10 Å². The van der Waals surface area contributed by atoms with Gasteiger partial charge in [-0.3, -0.25) is 8.86 Å². The third kappa shape index (κ3) is 3.25. The van der Waals surface area contributed by atoms with Crippen molar-refractivity contribution < 1.29 is 17.5 Å². The van der Waals surface area contributed by atoms with Gasteiger partial charge in [0.1, 0.15) is 5.82 Å². The van der Waals surface area contributed by atoms with E-state index >= 15 is 0 Å². The number of hydrogen-bond donors (Lipinski definition) is 1. The van der Waals surface area contributed by atoms with Crippen molar-refractivity contribution in [3.63, 3.8) is 0 Å². The smallest absolute Gasteiger partial charge is 0.289 e. The van der Waals surface area contributed by atoms with E-state index in [4.69, 9.17) is 27.8 Å². The highest BCUT2D eigenvalue weighted by atomic mass is 35.5. The molecule has 126 valence electrons. The van der Waals surface area contributed by atoms with E-state index in [0.29, 0.717) is 4.68 Å². The first-order chi connectivity index (χ1) is 10.6. The number of halogens is 4. The van der Waals surface area contributed by atoms with Crippen molar-refractivity contribution in [2.75, 3.05) is 11.4 Å². The van der Waals surface area contributed by atoms with Gasteiger partial charge in [0.2, 0.25) is 0 Å². The fraction of sp³-hybridized carbons (Fsp3) is 0.273. The summed E-state index contributed by atoms with van der Waals surface area (Å²) in [6, 6.07) is 2.43. The van der Waals surface area contributed by atoms with Crippen LogP contribution in [0.2, 0.25) is 10.0 Å².